The van der Waals surface area contributed by atoms with Gasteiger partial charge in [0.1, 0.15) is 5.82 Å². The standard InChI is InChI=1S/C12H14ClN3S/c1-8-6-9(14)7-16-12(8)15-5-4-10-2-3-11(13)17-10/h2-3,6-7H,4-5,14H2,1H3,(H,15,16). The Labute approximate surface area is 110 Å². The molecule has 0 bridgehead atoms. The molecular weight excluding hydrogens is 254 g/mol. The third-order valence-electron chi connectivity index (χ3n) is 2.39. The van der Waals surface area contributed by atoms with Crippen LogP contribution in [0.4, 0.5) is 11.5 Å². The average Bonchev–Trinajstić information content (AvgIpc) is 2.68. The van der Waals surface area contributed by atoms with Crippen LogP contribution in [0.15, 0.2) is 24.4 Å². The maximum Gasteiger partial charge on any atom is 0.129 e. The lowest BCUT2D eigenvalue weighted by Gasteiger charge is -2.08. The number of thiophene rings is 1. The highest BCUT2D eigenvalue weighted by atomic mass is 35.5. The highest BCUT2D eigenvalue weighted by Gasteiger charge is 2.01. The summed E-state index contributed by atoms with van der Waals surface area (Å²) in [7, 11) is 0. The lowest BCUT2D eigenvalue weighted by Crippen LogP contribution is -2.07. The van der Waals surface area contributed by atoms with E-state index in [1.807, 2.05) is 19.1 Å². The molecule has 0 aliphatic carbocycles. The van der Waals surface area contributed by atoms with Crippen LogP contribution in [0.1, 0.15) is 10.4 Å². The van der Waals surface area contributed by atoms with Crippen LogP contribution in [0.2, 0.25) is 4.34 Å². The molecule has 90 valence electrons. The summed E-state index contributed by atoms with van der Waals surface area (Å²) in [5.74, 6) is 0.891. The maximum atomic E-state index is 5.87. The monoisotopic (exact) mass is 267 g/mol. The summed E-state index contributed by atoms with van der Waals surface area (Å²) in [5, 5.41) is 3.29. The number of nitrogens with one attached hydrogen (secondary N) is 1. The van der Waals surface area contributed by atoms with Gasteiger partial charge in [-0.1, -0.05) is 11.6 Å². The van der Waals surface area contributed by atoms with Crippen LogP contribution in [0.5, 0.6) is 0 Å². The van der Waals surface area contributed by atoms with Crippen molar-refractivity contribution in [2.75, 3.05) is 17.6 Å². The summed E-state index contributed by atoms with van der Waals surface area (Å²) < 4.78 is 0.835. The zero-order chi connectivity index (χ0) is 12.3. The van der Waals surface area contributed by atoms with E-state index in [0.717, 1.165) is 28.7 Å². The van der Waals surface area contributed by atoms with E-state index >= 15 is 0 Å². The fraction of sp³-hybridized carbons (Fsp3) is 0.250. The number of anilines is 2. The molecule has 2 aromatic rings. The first-order valence-electron chi connectivity index (χ1n) is 5.35. The van der Waals surface area contributed by atoms with E-state index in [0.29, 0.717) is 5.69 Å². The van der Waals surface area contributed by atoms with Crippen molar-refractivity contribution < 1.29 is 0 Å². The van der Waals surface area contributed by atoms with Crippen LogP contribution in [0.25, 0.3) is 0 Å². The number of nitrogens with zero attached hydrogens (tertiary/aromatic N) is 1. The van der Waals surface area contributed by atoms with Crippen molar-refractivity contribution in [1.82, 2.24) is 4.98 Å². The molecule has 0 saturated carbocycles. The van der Waals surface area contributed by atoms with Crippen LogP contribution in [0, 0.1) is 6.92 Å². The molecule has 0 aliphatic rings. The van der Waals surface area contributed by atoms with E-state index in [2.05, 4.69) is 16.4 Å². The summed E-state index contributed by atoms with van der Waals surface area (Å²) in [6.45, 7) is 2.84. The molecule has 17 heavy (non-hydrogen) atoms. The summed E-state index contributed by atoms with van der Waals surface area (Å²) in [4.78, 5) is 5.53. The molecule has 5 heteroatoms. The van der Waals surface area contributed by atoms with Gasteiger partial charge in [-0.05, 0) is 37.1 Å². The minimum atomic E-state index is 0.693. The Kier molecular flexibility index (Phi) is 3.86. The molecule has 0 aliphatic heterocycles. The van der Waals surface area contributed by atoms with Gasteiger partial charge in [0, 0.05) is 11.4 Å². The number of nitrogens with two attached hydrogens (primary N) is 1. The number of aromatic nitrogens is 1. The molecule has 0 fully saturated rings. The first kappa shape index (κ1) is 12.2. The molecule has 0 radical (unpaired) electrons. The van der Waals surface area contributed by atoms with E-state index in [1.165, 1.54) is 4.88 Å². The number of rotatable bonds is 4. The first-order valence-corrected chi connectivity index (χ1v) is 6.55. The fourth-order valence-corrected chi connectivity index (χ4v) is 2.66. The van der Waals surface area contributed by atoms with Gasteiger partial charge in [0.25, 0.3) is 0 Å². The number of nitrogen functional groups attached to an aromatic ring is 1. The first-order chi connectivity index (χ1) is 8.15. The lowest BCUT2D eigenvalue weighted by molar-refractivity contribution is 1.02. The minimum Gasteiger partial charge on any atom is -0.397 e. The molecule has 0 spiro atoms. The van der Waals surface area contributed by atoms with Crippen molar-refractivity contribution in [3.8, 4) is 0 Å². The predicted octanol–water partition coefficient (Wildman–Crippen LogP) is 3.34. The zero-order valence-electron chi connectivity index (χ0n) is 9.53. The predicted molar refractivity (Wildman–Crippen MR) is 74.9 cm³/mol. The fourth-order valence-electron chi connectivity index (χ4n) is 1.57. The zero-order valence-corrected chi connectivity index (χ0v) is 11.1. The van der Waals surface area contributed by atoms with Crippen LogP contribution in [-0.4, -0.2) is 11.5 Å². The van der Waals surface area contributed by atoms with Crippen molar-refractivity contribution >= 4 is 34.4 Å². The van der Waals surface area contributed by atoms with E-state index in [4.69, 9.17) is 17.3 Å². The van der Waals surface area contributed by atoms with Crippen LogP contribution >= 0.6 is 22.9 Å². The maximum absolute atomic E-state index is 5.87. The van der Waals surface area contributed by atoms with Gasteiger partial charge >= 0.3 is 0 Å². The molecule has 3 N–H and O–H groups in total. The number of hydrogen-bond donors (Lipinski definition) is 2. The van der Waals surface area contributed by atoms with Crippen LogP contribution in [0.3, 0.4) is 0 Å². The topological polar surface area (TPSA) is 50.9 Å². The van der Waals surface area contributed by atoms with Gasteiger partial charge in [0.05, 0.1) is 16.2 Å². The number of pyridine rings is 1. The quantitative estimate of drug-likeness (QED) is 0.893. The van der Waals surface area contributed by atoms with E-state index < -0.39 is 0 Å². The second-order valence-corrected chi connectivity index (χ2v) is 5.62. The van der Waals surface area contributed by atoms with E-state index in [9.17, 15) is 0 Å². The van der Waals surface area contributed by atoms with Crippen molar-refractivity contribution in [1.29, 1.82) is 0 Å². The molecule has 0 atom stereocenters. The molecule has 3 nitrogen and oxygen atoms in total. The molecule has 2 rings (SSSR count). The molecule has 0 amide bonds. The van der Waals surface area contributed by atoms with Crippen molar-refractivity contribution in [2.24, 2.45) is 0 Å². The normalized spacial score (nSPS) is 10.5. The third-order valence-corrected chi connectivity index (χ3v) is 3.68. The van der Waals surface area contributed by atoms with Crippen molar-refractivity contribution in [3.05, 3.63) is 39.2 Å². The number of aryl methyl sites for hydroxylation is 1. The Morgan fingerprint density at radius 2 is 2.29 bits per heavy atom. The van der Waals surface area contributed by atoms with Gasteiger partial charge in [-0.15, -0.1) is 11.3 Å². The van der Waals surface area contributed by atoms with Gasteiger partial charge < -0.3 is 11.1 Å². The molecule has 2 aromatic heterocycles. The Hall–Kier alpha value is -1.26. The summed E-state index contributed by atoms with van der Waals surface area (Å²) in [6, 6.07) is 5.89. The summed E-state index contributed by atoms with van der Waals surface area (Å²) >= 11 is 7.49. The van der Waals surface area contributed by atoms with Crippen molar-refractivity contribution in [2.45, 2.75) is 13.3 Å². The Balaban J connectivity index is 1.90. The van der Waals surface area contributed by atoms with E-state index in [-0.39, 0.29) is 0 Å². The smallest absolute Gasteiger partial charge is 0.129 e. The van der Waals surface area contributed by atoms with E-state index in [1.54, 1.807) is 17.5 Å². The summed E-state index contributed by atoms with van der Waals surface area (Å²) in [6.07, 6.45) is 2.61. The van der Waals surface area contributed by atoms with Gasteiger partial charge in [0.15, 0.2) is 0 Å². The lowest BCUT2D eigenvalue weighted by atomic mass is 10.2. The second kappa shape index (κ2) is 5.38. The Bertz CT molecular complexity index is 510. The van der Waals surface area contributed by atoms with Gasteiger partial charge in [-0.2, -0.15) is 0 Å². The SMILES string of the molecule is Cc1cc(N)cnc1NCCc1ccc(Cl)s1. The third kappa shape index (κ3) is 3.35. The Morgan fingerprint density at radius 1 is 1.47 bits per heavy atom. The Morgan fingerprint density at radius 3 is 2.94 bits per heavy atom. The molecule has 0 aromatic carbocycles. The van der Waals surface area contributed by atoms with Crippen LogP contribution < -0.4 is 11.1 Å². The summed E-state index contributed by atoms with van der Waals surface area (Å²) in [5.41, 5.74) is 7.40. The van der Waals surface area contributed by atoms with Crippen LogP contribution in [-0.2, 0) is 6.42 Å². The molecule has 0 saturated heterocycles. The molecular formula is C12H14ClN3S. The second-order valence-electron chi connectivity index (χ2n) is 3.82. The van der Waals surface area contributed by atoms with Gasteiger partial charge in [-0.25, -0.2) is 4.98 Å². The number of hydrogen-bond acceptors (Lipinski definition) is 4. The largest absolute Gasteiger partial charge is 0.397 e. The average molecular weight is 268 g/mol. The van der Waals surface area contributed by atoms with Gasteiger partial charge in [0.2, 0.25) is 0 Å². The van der Waals surface area contributed by atoms with Crippen molar-refractivity contribution in [3.63, 3.8) is 0 Å². The number of halogens is 1. The highest BCUT2D eigenvalue weighted by molar-refractivity contribution is 7.16. The van der Waals surface area contributed by atoms with Gasteiger partial charge in [-0.3, -0.25) is 0 Å². The molecule has 2 heterocycles. The highest BCUT2D eigenvalue weighted by Crippen LogP contribution is 2.22. The minimum absolute atomic E-state index is 0.693. The molecule has 0 unspecified atom stereocenters.